The fourth-order valence-corrected chi connectivity index (χ4v) is 5.68. The largest absolute Gasteiger partial charge is 0.353 e. The molecule has 4 rings (SSSR count). The van der Waals surface area contributed by atoms with Crippen molar-refractivity contribution in [3.63, 3.8) is 0 Å². The van der Waals surface area contributed by atoms with Crippen LogP contribution < -0.4 is 5.32 Å². The first-order chi connectivity index (χ1) is 15.0. The molecule has 3 fully saturated rings. The summed E-state index contributed by atoms with van der Waals surface area (Å²) in [6.07, 6.45) is 12.8. The number of carbonyl (C=O) groups excluding carboxylic acids is 2. The molecule has 3 aliphatic rings. The molecule has 0 bridgehead atoms. The van der Waals surface area contributed by atoms with Crippen molar-refractivity contribution >= 4 is 11.8 Å². The summed E-state index contributed by atoms with van der Waals surface area (Å²) in [5.41, 5.74) is 2.75. The minimum atomic E-state index is 0.0824. The highest BCUT2D eigenvalue weighted by Crippen LogP contribution is 2.31. The van der Waals surface area contributed by atoms with Gasteiger partial charge in [0.25, 0.3) is 0 Å². The second-order valence-electron chi connectivity index (χ2n) is 9.99. The average Bonchev–Trinajstić information content (AvgIpc) is 3.43. The van der Waals surface area contributed by atoms with Crippen LogP contribution in [-0.2, 0) is 16.0 Å². The van der Waals surface area contributed by atoms with Crippen LogP contribution in [0.4, 0.5) is 0 Å². The van der Waals surface area contributed by atoms with Crippen molar-refractivity contribution in [1.29, 1.82) is 0 Å². The summed E-state index contributed by atoms with van der Waals surface area (Å²) < 4.78 is 0. The maximum atomic E-state index is 12.7. The summed E-state index contributed by atoms with van der Waals surface area (Å²) >= 11 is 0. The van der Waals surface area contributed by atoms with Gasteiger partial charge < -0.3 is 10.2 Å². The van der Waals surface area contributed by atoms with E-state index in [-0.39, 0.29) is 11.8 Å². The molecular weight excluding hydrogens is 388 g/mol. The van der Waals surface area contributed by atoms with Crippen LogP contribution in [0, 0.1) is 19.8 Å². The Morgan fingerprint density at radius 1 is 0.935 bits per heavy atom. The van der Waals surface area contributed by atoms with E-state index in [1.165, 1.54) is 44.9 Å². The molecule has 1 aromatic rings. The average molecular weight is 427 g/mol. The first-order valence-corrected chi connectivity index (χ1v) is 12.4. The molecule has 0 unspecified atom stereocenters. The number of amides is 2. The topological polar surface area (TPSA) is 75.2 Å². The highest BCUT2D eigenvalue weighted by atomic mass is 16.2. The molecule has 0 spiro atoms. The van der Waals surface area contributed by atoms with Crippen LogP contribution in [0.25, 0.3) is 0 Å². The zero-order chi connectivity index (χ0) is 21.8. The zero-order valence-electron chi connectivity index (χ0n) is 19.3. The minimum Gasteiger partial charge on any atom is -0.353 e. The lowest BCUT2D eigenvalue weighted by molar-refractivity contribution is -0.131. The normalized spacial score (nSPS) is 22.8. The lowest BCUT2D eigenvalue weighted by Gasteiger charge is -2.23. The Hall–Kier alpha value is -1.98. The third-order valence-corrected chi connectivity index (χ3v) is 7.59. The molecule has 1 aliphatic heterocycles. The molecule has 6 nitrogen and oxygen atoms in total. The summed E-state index contributed by atoms with van der Waals surface area (Å²) in [4.78, 5) is 36.9. The van der Waals surface area contributed by atoms with Crippen LogP contribution in [0.3, 0.4) is 0 Å². The number of hydrogen-bond acceptors (Lipinski definition) is 4. The fourth-order valence-electron chi connectivity index (χ4n) is 5.68. The van der Waals surface area contributed by atoms with Crippen LogP contribution in [0.5, 0.6) is 0 Å². The molecule has 1 N–H and O–H groups in total. The lowest BCUT2D eigenvalue weighted by Crippen LogP contribution is -2.37. The molecule has 1 aromatic heterocycles. The Labute approximate surface area is 186 Å². The predicted octanol–water partition coefficient (Wildman–Crippen LogP) is 3.98. The van der Waals surface area contributed by atoms with Gasteiger partial charge in [-0.3, -0.25) is 9.59 Å². The number of hydrogen-bond donors (Lipinski definition) is 1. The van der Waals surface area contributed by atoms with Crippen molar-refractivity contribution in [3.05, 3.63) is 22.8 Å². The SMILES string of the molecule is Cc1nc([C@@H]2CCN(C(=O)CC3CCCC3)C2)nc(C)c1CC(=O)NC1CCCCC1. The van der Waals surface area contributed by atoms with Crippen molar-refractivity contribution in [1.82, 2.24) is 20.2 Å². The van der Waals surface area contributed by atoms with Crippen LogP contribution in [-0.4, -0.2) is 45.8 Å². The van der Waals surface area contributed by atoms with Gasteiger partial charge >= 0.3 is 0 Å². The van der Waals surface area contributed by atoms with Gasteiger partial charge in [0, 0.05) is 48.4 Å². The standard InChI is InChI=1S/C25H38N4O2/c1-17-22(15-23(30)28-21-10-4-3-5-11-21)18(2)27-25(26-17)20-12-13-29(16-20)24(31)14-19-8-6-7-9-19/h19-21H,3-16H2,1-2H3,(H,28,30)/t20-/m1/s1. The second-order valence-corrected chi connectivity index (χ2v) is 9.99. The molecule has 31 heavy (non-hydrogen) atoms. The molecule has 2 amide bonds. The molecule has 6 heteroatoms. The third kappa shape index (κ3) is 5.64. The molecular formula is C25H38N4O2. The molecule has 1 saturated heterocycles. The molecule has 0 radical (unpaired) electrons. The Balaban J connectivity index is 1.34. The minimum absolute atomic E-state index is 0.0824. The van der Waals surface area contributed by atoms with E-state index < -0.39 is 0 Å². The van der Waals surface area contributed by atoms with Gasteiger partial charge in [-0.15, -0.1) is 0 Å². The Kier molecular flexibility index (Phi) is 7.24. The number of nitrogens with one attached hydrogen (secondary N) is 1. The maximum Gasteiger partial charge on any atom is 0.224 e. The Morgan fingerprint density at radius 2 is 1.58 bits per heavy atom. The van der Waals surface area contributed by atoms with E-state index >= 15 is 0 Å². The summed E-state index contributed by atoms with van der Waals surface area (Å²) in [7, 11) is 0. The van der Waals surface area contributed by atoms with Crippen molar-refractivity contribution in [2.45, 2.75) is 103 Å². The molecule has 2 heterocycles. The van der Waals surface area contributed by atoms with Crippen LogP contribution >= 0.6 is 0 Å². The van der Waals surface area contributed by atoms with Gasteiger partial charge in [0.2, 0.25) is 11.8 Å². The third-order valence-electron chi connectivity index (χ3n) is 7.59. The van der Waals surface area contributed by atoms with E-state index in [1.54, 1.807) is 0 Å². The van der Waals surface area contributed by atoms with Gasteiger partial charge in [0.15, 0.2) is 0 Å². The van der Waals surface area contributed by atoms with E-state index in [1.807, 2.05) is 18.7 Å². The van der Waals surface area contributed by atoms with E-state index in [0.717, 1.165) is 55.1 Å². The maximum absolute atomic E-state index is 12.7. The number of carbonyl (C=O) groups is 2. The van der Waals surface area contributed by atoms with Crippen molar-refractivity contribution in [2.24, 2.45) is 5.92 Å². The van der Waals surface area contributed by atoms with E-state index in [2.05, 4.69) is 5.32 Å². The molecule has 2 saturated carbocycles. The van der Waals surface area contributed by atoms with Crippen LogP contribution in [0.15, 0.2) is 0 Å². The predicted molar refractivity (Wildman–Crippen MR) is 121 cm³/mol. The highest BCUT2D eigenvalue weighted by molar-refractivity contribution is 5.79. The number of aromatic nitrogens is 2. The summed E-state index contributed by atoms with van der Waals surface area (Å²) in [6.45, 7) is 5.51. The number of nitrogens with zero attached hydrogens (tertiary/aromatic N) is 3. The number of rotatable bonds is 6. The van der Waals surface area contributed by atoms with E-state index in [9.17, 15) is 9.59 Å². The van der Waals surface area contributed by atoms with Gasteiger partial charge in [-0.25, -0.2) is 9.97 Å². The van der Waals surface area contributed by atoms with Gasteiger partial charge in [-0.1, -0.05) is 32.1 Å². The molecule has 2 aliphatic carbocycles. The zero-order valence-corrected chi connectivity index (χ0v) is 19.3. The second kappa shape index (κ2) is 10.1. The first-order valence-electron chi connectivity index (χ1n) is 12.4. The number of aryl methyl sites for hydroxylation is 2. The molecule has 1 atom stereocenters. The smallest absolute Gasteiger partial charge is 0.224 e. The van der Waals surface area contributed by atoms with Crippen molar-refractivity contribution in [2.75, 3.05) is 13.1 Å². The van der Waals surface area contributed by atoms with Gasteiger partial charge in [-0.2, -0.15) is 0 Å². The van der Waals surface area contributed by atoms with E-state index in [4.69, 9.17) is 9.97 Å². The number of likely N-dealkylation sites (tertiary alicyclic amines) is 1. The monoisotopic (exact) mass is 426 g/mol. The van der Waals surface area contributed by atoms with Crippen molar-refractivity contribution < 1.29 is 9.59 Å². The molecule has 170 valence electrons. The fraction of sp³-hybridized carbons (Fsp3) is 0.760. The van der Waals surface area contributed by atoms with Gasteiger partial charge in [0.1, 0.15) is 5.82 Å². The summed E-state index contributed by atoms with van der Waals surface area (Å²) in [5, 5.41) is 3.20. The van der Waals surface area contributed by atoms with Gasteiger partial charge in [-0.05, 0) is 51.9 Å². The Bertz CT molecular complexity index is 774. The van der Waals surface area contributed by atoms with E-state index in [0.29, 0.717) is 30.7 Å². The van der Waals surface area contributed by atoms with Crippen LogP contribution in [0.2, 0.25) is 0 Å². The first kappa shape index (κ1) is 22.2. The van der Waals surface area contributed by atoms with Gasteiger partial charge in [0.05, 0.1) is 6.42 Å². The van der Waals surface area contributed by atoms with Crippen molar-refractivity contribution in [3.8, 4) is 0 Å². The lowest BCUT2D eigenvalue weighted by atomic mass is 9.95. The Morgan fingerprint density at radius 3 is 2.26 bits per heavy atom. The summed E-state index contributed by atoms with van der Waals surface area (Å²) in [6, 6.07) is 0.327. The highest BCUT2D eigenvalue weighted by Gasteiger charge is 2.31. The quantitative estimate of drug-likeness (QED) is 0.747. The molecule has 0 aromatic carbocycles. The van der Waals surface area contributed by atoms with Crippen LogP contribution in [0.1, 0.15) is 99.3 Å². The summed E-state index contributed by atoms with van der Waals surface area (Å²) in [5.74, 6) is 2.02.